The lowest BCUT2D eigenvalue weighted by molar-refractivity contribution is -0.126. The average Bonchev–Trinajstić information content (AvgIpc) is 2.75. The molecule has 0 saturated carbocycles. The summed E-state index contributed by atoms with van der Waals surface area (Å²) in [5, 5.41) is 3.13. The van der Waals surface area contributed by atoms with Crippen LogP contribution in [0.25, 0.3) is 0 Å². The Kier molecular flexibility index (Phi) is 7.92. The summed E-state index contributed by atoms with van der Waals surface area (Å²) in [6.45, 7) is 9.52. The highest BCUT2D eigenvalue weighted by Crippen LogP contribution is 2.21. The lowest BCUT2D eigenvalue weighted by Gasteiger charge is -2.31. The predicted molar refractivity (Wildman–Crippen MR) is 113 cm³/mol. The molecule has 6 nitrogen and oxygen atoms in total. The zero-order valence-corrected chi connectivity index (χ0v) is 17.9. The number of amides is 2. The molecule has 160 valence electrons. The molecule has 0 spiro atoms. The van der Waals surface area contributed by atoms with E-state index in [0.717, 1.165) is 25.6 Å². The number of carbonyl (C=O) groups is 2. The highest BCUT2D eigenvalue weighted by molar-refractivity contribution is 5.79. The van der Waals surface area contributed by atoms with Crippen molar-refractivity contribution in [3.8, 4) is 0 Å². The Morgan fingerprint density at radius 2 is 1.69 bits per heavy atom. The molecule has 1 aromatic rings. The summed E-state index contributed by atoms with van der Waals surface area (Å²) in [4.78, 5) is 28.7. The van der Waals surface area contributed by atoms with Crippen molar-refractivity contribution in [2.24, 2.45) is 11.8 Å². The molecule has 0 aliphatic carbocycles. The zero-order valence-electron chi connectivity index (χ0n) is 17.9. The van der Waals surface area contributed by atoms with Gasteiger partial charge >= 0.3 is 6.09 Å². The van der Waals surface area contributed by atoms with E-state index in [9.17, 15) is 9.59 Å². The fraction of sp³-hybridized carbons (Fsp3) is 0.652. The largest absolute Gasteiger partial charge is 0.450 e. The topological polar surface area (TPSA) is 61.9 Å². The lowest BCUT2D eigenvalue weighted by Crippen LogP contribution is -2.43. The Bertz CT molecular complexity index is 678. The first kappa shape index (κ1) is 21.6. The monoisotopic (exact) mass is 401 g/mol. The molecule has 6 heteroatoms. The van der Waals surface area contributed by atoms with Gasteiger partial charge in [0.1, 0.15) is 0 Å². The first-order valence-electron chi connectivity index (χ1n) is 11.0. The maximum atomic E-state index is 12.7. The van der Waals surface area contributed by atoms with Crippen LogP contribution < -0.4 is 5.32 Å². The van der Waals surface area contributed by atoms with Crippen molar-refractivity contribution < 1.29 is 14.3 Å². The minimum atomic E-state index is -0.271. The van der Waals surface area contributed by atoms with Gasteiger partial charge in [0.25, 0.3) is 0 Å². The van der Waals surface area contributed by atoms with Crippen LogP contribution in [0.5, 0.6) is 0 Å². The van der Waals surface area contributed by atoms with E-state index in [-0.39, 0.29) is 17.9 Å². The van der Waals surface area contributed by atoms with Crippen molar-refractivity contribution in [3.05, 3.63) is 35.4 Å². The van der Waals surface area contributed by atoms with Crippen LogP contribution in [0.4, 0.5) is 4.79 Å². The Labute approximate surface area is 174 Å². The van der Waals surface area contributed by atoms with Gasteiger partial charge in [-0.25, -0.2) is 4.79 Å². The van der Waals surface area contributed by atoms with Crippen molar-refractivity contribution in [1.29, 1.82) is 0 Å². The van der Waals surface area contributed by atoms with Crippen LogP contribution in [0, 0.1) is 11.8 Å². The van der Waals surface area contributed by atoms with Crippen molar-refractivity contribution in [1.82, 2.24) is 15.1 Å². The summed E-state index contributed by atoms with van der Waals surface area (Å²) >= 11 is 0. The minimum Gasteiger partial charge on any atom is -0.450 e. The first-order chi connectivity index (χ1) is 14.1. The molecule has 29 heavy (non-hydrogen) atoms. The molecule has 2 saturated heterocycles. The van der Waals surface area contributed by atoms with E-state index in [0.29, 0.717) is 39.1 Å². The number of likely N-dealkylation sites (tertiary alicyclic amines) is 2. The fourth-order valence-electron chi connectivity index (χ4n) is 4.21. The van der Waals surface area contributed by atoms with Crippen molar-refractivity contribution in [2.75, 3.05) is 32.8 Å². The van der Waals surface area contributed by atoms with Gasteiger partial charge in [-0.15, -0.1) is 0 Å². The van der Waals surface area contributed by atoms with Gasteiger partial charge in [-0.3, -0.25) is 9.69 Å². The number of nitrogens with zero attached hydrogens (tertiary/aromatic N) is 2. The molecule has 2 fully saturated rings. The number of benzene rings is 1. The van der Waals surface area contributed by atoms with Gasteiger partial charge in [0.2, 0.25) is 5.91 Å². The van der Waals surface area contributed by atoms with Crippen LogP contribution >= 0.6 is 0 Å². The number of piperidine rings is 2. The molecule has 0 aromatic heterocycles. The Morgan fingerprint density at radius 3 is 2.34 bits per heavy atom. The number of nitrogens with one attached hydrogen (secondary N) is 1. The third kappa shape index (κ3) is 6.20. The van der Waals surface area contributed by atoms with Gasteiger partial charge in [0.15, 0.2) is 0 Å². The molecule has 2 aliphatic rings. The second-order valence-corrected chi connectivity index (χ2v) is 8.41. The normalized spacial score (nSPS) is 19.2. The van der Waals surface area contributed by atoms with Crippen molar-refractivity contribution in [2.45, 2.75) is 52.6 Å². The molecule has 2 amide bonds. The van der Waals surface area contributed by atoms with Gasteiger partial charge in [-0.05, 0) is 62.7 Å². The second kappa shape index (κ2) is 10.6. The molecule has 0 atom stereocenters. The van der Waals surface area contributed by atoms with E-state index < -0.39 is 0 Å². The van der Waals surface area contributed by atoms with Crippen molar-refractivity contribution >= 4 is 12.0 Å². The SMILES string of the molecule is CCOC(=O)N1CCC(C(=O)NCc2ccccc2CN2CCC(C)CC2)CC1. The van der Waals surface area contributed by atoms with Gasteiger partial charge in [0, 0.05) is 32.1 Å². The Balaban J connectivity index is 1.47. The summed E-state index contributed by atoms with van der Waals surface area (Å²) in [6, 6.07) is 8.42. The fourth-order valence-corrected chi connectivity index (χ4v) is 4.21. The smallest absolute Gasteiger partial charge is 0.409 e. The predicted octanol–water partition coefficient (Wildman–Crippen LogP) is 3.40. The quantitative estimate of drug-likeness (QED) is 0.794. The summed E-state index contributed by atoms with van der Waals surface area (Å²) < 4.78 is 5.05. The summed E-state index contributed by atoms with van der Waals surface area (Å²) in [5.74, 6) is 0.891. The average molecular weight is 402 g/mol. The molecule has 1 N–H and O–H groups in total. The van der Waals surface area contributed by atoms with Gasteiger partial charge < -0.3 is 15.0 Å². The van der Waals surface area contributed by atoms with E-state index in [2.05, 4.69) is 35.3 Å². The number of rotatable bonds is 6. The standard InChI is InChI=1S/C23H35N3O3/c1-3-29-23(28)26-14-10-19(11-15-26)22(27)24-16-20-6-4-5-7-21(20)17-25-12-8-18(2)9-13-25/h4-7,18-19H,3,8-17H2,1-2H3,(H,24,27). The Hall–Kier alpha value is -2.08. The molecule has 2 aliphatic heterocycles. The van der Waals surface area contributed by atoms with E-state index in [1.165, 1.54) is 24.0 Å². The van der Waals surface area contributed by atoms with E-state index >= 15 is 0 Å². The second-order valence-electron chi connectivity index (χ2n) is 8.41. The molecule has 1 aromatic carbocycles. The summed E-state index contributed by atoms with van der Waals surface area (Å²) in [5.41, 5.74) is 2.50. The van der Waals surface area contributed by atoms with Crippen LogP contribution in [-0.4, -0.2) is 54.6 Å². The zero-order chi connectivity index (χ0) is 20.6. The van der Waals surface area contributed by atoms with E-state index in [1.54, 1.807) is 4.90 Å². The number of hydrogen-bond acceptors (Lipinski definition) is 4. The summed E-state index contributed by atoms with van der Waals surface area (Å²) in [7, 11) is 0. The molecule has 2 heterocycles. The van der Waals surface area contributed by atoms with Crippen LogP contribution in [0.2, 0.25) is 0 Å². The van der Waals surface area contributed by atoms with Crippen LogP contribution in [0.3, 0.4) is 0 Å². The molecular formula is C23H35N3O3. The van der Waals surface area contributed by atoms with Gasteiger partial charge in [0.05, 0.1) is 6.61 Å². The van der Waals surface area contributed by atoms with Crippen molar-refractivity contribution in [3.63, 3.8) is 0 Å². The molecule has 0 radical (unpaired) electrons. The third-order valence-corrected chi connectivity index (χ3v) is 6.23. The highest BCUT2D eigenvalue weighted by atomic mass is 16.6. The molecule has 0 bridgehead atoms. The molecule has 0 unspecified atom stereocenters. The van der Waals surface area contributed by atoms with Crippen LogP contribution in [0.15, 0.2) is 24.3 Å². The Morgan fingerprint density at radius 1 is 1.03 bits per heavy atom. The van der Waals surface area contributed by atoms with E-state index in [1.807, 2.05) is 13.0 Å². The number of ether oxygens (including phenoxy) is 1. The molecule has 3 rings (SSSR count). The highest BCUT2D eigenvalue weighted by Gasteiger charge is 2.28. The van der Waals surface area contributed by atoms with Crippen LogP contribution in [0.1, 0.15) is 50.7 Å². The maximum absolute atomic E-state index is 12.7. The third-order valence-electron chi connectivity index (χ3n) is 6.23. The van der Waals surface area contributed by atoms with Gasteiger partial charge in [-0.1, -0.05) is 31.2 Å². The first-order valence-corrected chi connectivity index (χ1v) is 11.0. The maximum Gasteiger partial charge on any atom is 0.409 e. The summed E-state index contributed by atoms with van der Waals surface area (Å²) in [6.07, 6.45) is 3.65. The number of hydrogen-bond donors (Lipinski definition) is 1. The lowest BCUT2D eigenvalue weighted by atomic mass is 9.96. The minimum absolute atomic E-state index is 0.0311. The van der Waals surface area contributed by atoms with Gasteiger partial charge in [-0.2, -0.15) is 0 Å². The molecular weight excluding hydrogens is 366 g/mol. The number of carbonyl (C=O) groups excluding carboxylic acids is 2. The van der Waals surface area contributed by atoms with Crippen LogP contribution in [-0.2, 0) is 22.6 Å². The van der Waals surface area contributed by atoms with E-state index in [4.69, 9.17) is 4.74 Å².